The van der Waals surface area contributed by atoms with Crippen LogP contribution in [-0.4, -0.2) is 23.0 Å². The Kier molecular flexibility index (Phi) is 4.47. The van der Waals surface area contributed by atoms with Crippen molar-refractivity contribution in [3.8, 4) is 0 Å². The van der Waals surface area contributed by atoms with Crippen LogP contribution in [-0.2, 0) is 4.74 Å². The fourth-order valence-corrected chi connectivity index (χ4v) is 1.80. The number of nitrogens with zero attached hydrogens (tertiary/aromatic N) is 2. The topological polar surface area (TPSA) is 64.1 Å². The zero-order valence-electron chi connectivity index (χ0n) is 12.1. The van der Waals surface area contributed by atoms with Gasteiger partial charge in [0.2, 0.25) is 0 Å². The molecule has 21 heavy (non-hydrogen) atoms. The molecule has 6 heteroatoms. The van der Waals surface area contributed by atoms with E-state index in [2.05, 4.69) is 20.0 Å². The summed E-state index contributed by atoms with van der Waals surface area (Å²) in [5.41, 5.74) is 1.54. The first-order chi connectivity index (χ1) is 10.0. The van der Waals surface area contributed by atoms with Crippen LogP contribution >= 0.6 is 0 Å². The van der Waals surface area contributed by atoms with E-state index in [-0.39, 0.29) is 17.6 Å². The number of halogens is 1. The van der Waals surface area contributed by atoms with Gasteiger partial charge >= 0.3 is 5.97 Å². The SMILES string of the molecule is COC(=O)c1cnc(NC(C)c2ccc(C)c(F)c2)cn1. The molecule has 1 aromatic heterocycles. The van der Waals surface area contributed by atoms with Crippen LogP contribution in [0.3, 0.4) is 0 Å². The van der Waals surface area contributed by atoms with E-state index >= 15 is 0 Å². The third-order valence-corrected chi connectivity index (χ3v) is 3.11. The number of anilines is 1. The Bertz CT molecular complexity index is 644. The fourth-order valence-electron chi connectivity index (χ4n) is 1.80. The number of carbonyl (C=O) groups is 1. The molecule has 2 rings (SSSR count). The highest BCUT2D eigenvalue weighted by atomic mass is 19.1. The number of rotatable bonds is 4. The van der Waals surface area contributed by atoms with E-state index in [0.717, 1.165) is 5.56 Å². The monoisotopic (exact) mass is 289 g/mol. The van der Waals surface area contributed by atoms with Gasteiger partial charge in [-0.25, -0.2) is 19.2 Å². The van der Waals surface area contributed by atoms with Gasteiger partial charge in [0, 0.05) is 0 Å². The molecule has 1 aromatic carbocycles. The molecule has 0 aliphatic heterocycles. The lowest BCUT2D eigenvalue weighted by Crippen LogP contribution is -2.10. The summed E-state index contributed by atoms with van der Waals surface area (Å²) in [6, 6.07) is 4.93. The minimum absolute atomic E-state index is 0.136. The molecule has 110 valence electrons. The van der Waals surface area contributed by atoms with Crippen LogP contribution in [0, 0.1) is 12.7 Å². The Balaban J connectivity index is 2.10. The highest BCUT2D eigenvalue weighted by Gasteiger charge is 2.11. The third-order valence-electron chi connectivity index (χ3n) is 3.11. The zero-order chi connectivity index (χ0) is 15.4. The van der Waals surface area contributed by atoms with Crippen molar-refractivity contribution in [2.24, 2.45) is 0 Å². The van der Waals surface area contributed by atoms with Gasteiger partial charge in [-0.1, -0.05) is 12.1 Å². The molecule has 2 aromatic rings. The second-order valence-electron chi connectivity index (χ2n) is 4.65. The molecule has 0 spiro atoms. The van der Waals surface area contributed by atoms with E-state index in [1.54, 1.807) is 13.0 Å². The lowest BCUT2D eigenvalue weighted by atomic mass is 10.1. The normalized spacial score (nSPS) is 11.8. The molecule has 0 radical (unpaired) electrons. The van der Waals surface area contributed by atoms with Gasteiger partial charge in [-0.3, -0.25) is 0 Å². The molecule has 5 nitrogen and oxygen atoms in total. The van der Waals surface area contributed by atoms with Crippen molar-refractivity contribution in [1.82, 2.24) is 9.97 Å². The van der Waals surface area contributed by atoms with E-state index < -0.39 is 5.97 Å². The first-order valence-corrected chi connectivity index (χ1v) is 6.44. The summed E-state index contributed by atoms with van der Waals surface area (Å²) in [7, 11) is 1.28. The summed E-state index contributed by atoms with van der Waals surface area (Å²) in [5.74, 6) is -0.285. The van der Waals surface area contributed by atoms with Gasteiger partial charge in [0.1, 0.15) is 11.6 Å². The Hall–Kier alpha value is -2.50. The van der Waals surface area contributed by atoms with E-state index in [0.29, 0.717) is 11.4 Å². The second-order valence-corrected chi connectivity index (χ2v) is 4.65. The van der Waals surface area contributed by atoms with Gasteiger partial charge in [0.15, 0.2) is 5.69 Å². The molecule has 1 heterocycles. The molecule has 0 fully saturated rings. The molecule has 0 bridgehead atoms. The minimum Gasteiger partial charge on any atom is -0.464 e. The number of ether oxygens (including phenoxy) is 1. The molecule has 1 N–H and O–H groups in total. The smallest absolute Gasteiger partial charge is 0.358 e. The molecule has 0 saturated carbocycles. The van der Waals surface area contributed by atoms with Gasteiger partial charge < -0.3 is 10.1 Å². The summed E-state index contributed by atoms with van der Waals surface area (Å²) in [6.45, 7) is 3.61. The van der Waals surface area contributed by atoms with Crippen LogP contribution in [0.15, 0.2) is 30.6 Å². The van der Waals surface area contributed by atoms with Gasteiger partial charge in [0.25, 0.3) is 0 Å². The highest BCUT2D eigenvalue weighted by Crippen LogP contribution is 2.19. The van der Waals surface area contributed by atoms with Gasteiger partial charge in [-0.15, -0.1) is 0 Å². The van der Waals surface area contributed by atoms with Gasteiger partial charge in [0.05, 0.1) is 25.5 Å². The molecule has 0 aliphatic carbocycles. The lowest BCUT2D eigenvalue weighted by Gasteiger charge is -2.15. The number of methoxy groups -OCH3 is 1. The molecule has 0 amide bonds. The van der Waals surface area contributed by atoms with Crippen molar-refractivity contribution in [3.05, 3.63) is 53.2 Å². The average molecular weight is 289 g/mol. The van der Waals surface area contributed by atoms with Crippen molar-refractivity contribution >= 4 is 11.8 Å². The molecule has 0 saturated heterocycles. The van der Waals surface area contributed by atoms with E-state index in [1.165, 1.54) is 25.6 Å². The first-order valence-electron chi connectivity index (χ1n) is 6.44. The number of hydrogen-bond acceptors (Lipinski definition) is 5. The third kappa shape index (κ3) is 3.53. The van der Waals surface area contributed by atoms with Crippen LogP contribution in [0.25, 0.3) is 0 Å². The number of aryl methyl sites for hydroxylation is 1. The minimum atomic E-state index is -0.539. The maximum absolute atomic E-state index is 13.6. The largest absolute Gasteiger partial charge is 0.464 e. The van der Waals surface area contributed by atoms with Crippen LogP contribution in [0.4, 0.5) is 10.2 Å². The van der Waals surface area contributed by atoms with Gasteiger partial charge in [-0.05, 0) is 31.0 Å². The Morgan fingerprint density at radius 3 is 2.67 bits per heavy atom. The quantitative estimate of drug-likeness (QED) is 0.877. The highest BCUT2D eigenvalue weighted by molar-refractivity contribution is 5.86. The molecular weight excluding hydrogens is 273 g/mol. The molecule has 1 unspecified atom stereocenters. The summed E-state index contributed by atoms with van der Waals surface area (Å²) in [4.78, 5) is 19.3. The number of nitrogens with one attached hydrogen (secondary N) is 1. The number of benzene rings is 1. The number of esters is 1. The Morgan fingerprint density at radius 2 is 2.10 bits per heavy atom. The maximum atomic E-state index is 13.6. The number of hydrogen-bond donors (Lipinski definition) is 1. The van der Waals surface area contributed by atoms with Crippen molar-refractivity contribution in [2.75, 3.05) is 12.4 Å². The number of aromatic nitrogens is 2. The van der Waals surface area contributed by atoms with Crippen LogP contribution < -0.4 is 5.32 Å². The second kappa shape index (κ2) is 6.30. The standard InChI is InChI=1S/C15H16FN3O2/c1-9-4-5-11(6-12(9)16)10(2)19-14-8-17-13(7-18-14)15(20)21-3/h4-8,10H,1-3H3,(H,18,19). The zero-order valence-corrected chi connectivity index (χ0v) is 12.1. The van der Waals surface area contributed by atoms with Crippen LogP contribution in [0.5, 0.6) is 0 Å². The predicted octanol–water partition coefficient (Wildman–Crippen LogP) is 2.88. The summed E-state index contributed by atoms with van der Waals surface area (Å²) in [5, 5.41) is 3.10. The van der Waals surface area contributed by atoms with E-state index in [4.69, 9.17) is 0 Å². The van der Waals surface area contributed by atoms with E-state index in [9.17, 15) is 9.18 Å². The molecular formula is C15H16FN3O2. The average Bonchev–Trinajstić information content (AvgIpc) is 2.50. The van der Waals surface area contributed by atoms with Crippen LogP contribution in [0.1, 0.15) is 34.6 Å². The maximum Gasteiger partial charge on any atom is 0.358 e. The Morgan fingerprint density at radius 1 is 1.33 bits per heavy atom. The van der Waals surface area contributed by atoms with Crippen LogP contribution in [0.2, 0.25) is 0 Å². The fraction of sp³-hybridized carbons (Fsp3) is 0.267. The summed E-state index contributed by atoms with van der Waals surface area (Å²) < 4.78 is 18.1. The van der Waals surface area contributed by atoms with Gasteiger partial charge in [-0.2, -0.15) is 0 Å². The first kappa shape index (κ1) is 14.9. The lowest BCUT2D eigenvalue weighted by molar-refractivity contribution is 0.0593. The van der Waals surface area contributed by atoms with E-state index in [1.807, 2.05) is 13.0 Å². The molecule has 0 aliphatic rings. The summed E-state index contributed by atoms with van der Waals surface area (Å²) in [6.07, 6.45) is 2.77. The number of carbonyl (C=O) groups excluding carboxylic acids is 1. The molecule has 1 atom stereocenters. The summed E-state index contributed by atoms with van der Waals surface area (Å²) >= 11 is 0. The predicted molar refractivity (Wildman–Crippen MR) is 76.5 cm³/mol. The van der Waals surface area contributed by atoms with Crippen molar-refractivity contribution in [1.29, 1.82) is 0 Å². The van der Waals surface area contributed by atoms with Crippen molar-refractivity contribution < 1.29 is 13.9 Å². The van der Waals surface area contributed by atoms with Crippen molar-refractivity contribution in [3.63, 3.8) is 0 Å². The Labute approximate surface area is 122 Å². The van der Waals surface area contributed by atoms with Crippen molar-refractivity contribution in [2.45, 2.75) is 19.9 Å².